The van der Waals surface area contributed by atoms with Crippen molar-refractivity contribution in [1.82, 2.24) is 10.2 Å². The van der Waals surface area contributed by atoms with Crippen molar-refractivity contribution in [1.29, 1.82) is 0 Å². The van der Waals surface area contributed by atoms with Crippen LogP contribution < -0.4 is 5.32 Å². The van der Waals surface area contributed by atoms with E-state index in [9.17, 15) is 9.59 Å². The Morgan fingerprint density at radius 3 is 2.14 bits per heavy atom. The fraction of sp³-hybridized carbons (Fsp3) is 0.355. The van der Waals surface area contributed by atoms with Crippen LogP contribution in [-0.2, 0) is 35.4 Å². The van der Waals surface area contributed by atoms with Gasteiger partial charge in [-0.1, -0.05) is 98.2 Å². The van der Waals surface area contributed by atoms with Crippen molar-refractivity contribution < 1.29 is 9.59 Å². The second-order valence-electron chi connectivity index (χ2n) is 9.31. The van der Waals surface area contributed by atoms with E-state index in [1.165, 1.54) is 5.56 Å². The number of hydrogen-bond acceptors (Lipinski definition) is 2. The van der Waals surface area contributed by atoms with E-state index >= 15 is 0 Å². The minimum absolute atomic E-state index is 0.0186. The minimum Gasteiger partial charge on any atom is -0.352 e. The van der Waals surface area contributed by atoms with Gasteiger partial charge in [-0.2, -0.15) is 0 Å². The van der Waals surface area contributed by atoms with Crippen LogP contribution in [0.3, 0.4) is 0 Å². The van der Waals surface area contributed by atoms with Crippen LogP contribution in [0.25, 0.3) is 0 Å². The second-order valence-corrected chi connectivity index (χ2v) is 9.71. The van der Waals surface area contributed by atoms with Crippen LogP contribution >= 0.6 is 11.6 Å². The molecule has 2 amide bonds. The molecule has 0 heterocycles. The molecule has 4 nitrogen and oxygen atoms in total. The van der Waals surface area contributed by atoms with Gasteiger partial charge in [0, 0.05) is 30.5 Å². The largest absolute Gasteiger partial charge is 0.352 e. The Morgan fingerprint density at radius 1 is 0.861 bits per heavy atom. The van der Waals surface area contributed by atoms with Crippen LogP contribution in [0.4, 0.5) is 0 Å². The lowest BCUT2D eigenvalue weighted by molar-refractivity contribution is -0.141. The van der Waals surface area contributed by atoms with E-state index in [2.05, 4.69) is 36.5 Å². The van der Waals surface area contributed by atoms with Gasteiger partial charge in [-0.25, -0.2) is 0 Å². The van der Waals surface area contributed by atoms with Crippen LogP contribution in [0.2, 0.25) is 5.02 Å². The third kappa shape index (κ3) is 7.96. The first-order valence-corrected chi connectivity index (χ1v) is 13.2. The lowest BCUT2D eigenvalue weighted by atomic mass is 10.0. The number of nitrogens with zero attached hydrogens (tertiary/aromatic N) is 1. The highest BCUT2D eigenvalue weighted by molar-refractivity contribution is 6.31. The summed E-state index contributed by atoms with van der Waals surface area (Å²) in [5, 5.41) is 3.70. The molecule has 3 aromatic rings. The van der Waals surface area contributed by atoms with Gasteiger partial charge < -0.3 is 10.2 Å². The molecular formula is C31H37ClN2O2. The molecule has 2 atom stereocenters. The van der Waals surface area contributed by atoms with Crippen molar-refractivity contribution >= 4 is 23.4 Å². The monoisotopic (exact) mass is 504 g/mol. The number of aryl methyl sites for hydroxylation is 2. The zero-order chi connectivity index (χ0) is 25.9. The van der Waals surface area contributed by atoms with Crippen molar-refractivity contribution in [2.75, 3.05) is 0 Å². The topological polar surface area (TPSA) is 49.4 Å². The summed E-state index contributed by atoms with van der Waals surface area (Å²) in [6.07, 6.45) is 3.17. The van der Waals surface area contributed by atoms with Crippen molar-refractivity contribution in [3.8, 4) is 0 Å². The van der Waals surface area contributed by atoms with E-state index in [-0.39, 0.29) is 24.4 Å². The van der Waals surface area contributed by atoms with Crippen LogP contribution in [0.1, 0.15) is 55.9 Å². The molecule has 0 unspecified atom stereocenters. The average molecular weight is 505 g/mol. The molecule has 0 radical (unpaired) electrons. The van der Waals surface area contributed by atoms with Gasteiger partial charge in [-0.05, 0) is 54.5 Å². The molecule has 0 aliphatic rings. The smallest absolute Gasteiger partial charge is 0.243 e. The van der Waals surface area contributed by atoms with Gasteiger partial charge in [0.1, 0.15) is 6.04 Å². The SMILES string of the molecule is CCc1ccc(CCC(=O)N(Cc2ccccc2Cl)[C@@H](Cc2ccccc2)C(=O)N[C@H](C)CC)cc1. The number of amides is 2. The summed E-state index contributed by atoms with van der Waals surface area (Å²) in [4.78, 5) is 29.0. The standard InChI is InChI=1S/C31H37ClN2O2/c1-4-23(3)33-31(36)29(21-26-11-7-6-8-12-26)34(22-27-13-9-10-14-28(27)32)30(35)20-19-25-17-15-24(5-2)16-18-25/h6-18,23,29H,4-5,19-22H2,1-3H3,(H,33,36)/t23-,29+/m1/s1. The van der Waals surface area contributed by atoms with E-state index in [4.69, 9.17) is 11.6 Å². The van der Waals surface area contributed by atoms with Gasteiger partial charge in [-0.15, -0.1) is 0 Å². The summed E-state index contributed by atoms with van der Waals surface area (Å²) in [6, 6.07) is 25.1. The predicted octanol–water partition coefficient (Wildman–Crippen LogP) is 6.39. The summed E-state index contributed by atoms with van der Waals surface area (Å²) in [6.45, 7) is 6.42. The molecule has 0 spiro atoms. The van der Waals surface area contributed by atoms with Crippen LogP contribution in [0.15, 0.2) is 78.9 Å². The van der Waals surface area contributed by atoms with Crippen LogP contribution in [0, 0.1) is 0 Å². The third-order valence-corrected chi connectivity index (χ3v) is 7.00. The van der Waals surface area contributed by atoms with Gasteiger partial charge in [0.05, 0.1) is 0 Å². The Balaban J connectivity index is 1.90. The molecule has 36 heavy (non-hydrogen) atoms. The number of carbonyl (C=O) groups excluding carboxylic acids is 2. The molecule has 1 N–H and O–H groups in total. The first kappa shape index (κ1) is 27.5. The quantitative estimate of drug-likeness (QED) is 0.310. The number of halogens is 1. The van der Waals surface area contributed by atoms with Crippen molar-refractivity contribution in [2.24, 2.45) is 0 Å². The average Bonchev–Trinajstić information content (AvgIpc) is 2.91. The maximum Gasteiger partial charge on any atom is 0.243 e. The fourth-order valence-corrected chi connectivity index (χ4v) is 4.34. The van der Waals surface area contributed by atoms with Gasteiger partial charge in [-0.3, -0.25) is 9.59 Å². The molecular weight excluding hydrogens is 468 g/mol. The lowest BCUT2D eigenvalue weighted by Crippen LogP contribution is -2.52. The molecule has 0 aliphatic heterocycles. The molecule has 0 aliphatic carbocycles. The fourth-order valence-electron chi connectivity index (χ4n) is 4.14. The summed E-state index contributed by atoms with van der Waals surface area (Å²) >= 11 is 6.49. The summed E-state index contributed by atoms with van der Waals surface area (Å²) in [7, 11) is 0. The molecule has 190 valence electrons. The highest BCUT2D eigenvalue weighted by atomic mass is 35.5. The van der Waals surface area contributed by atoms with E-state index in [1.807, 2.05) is 68.4 Å². The van der Waals surface area contributed by atoms with Gasteiger partial charge >= 0.3 is 0 Å². The van der Waals surface area contributed by atoms with Crippen LogP contribution in [0.5, 0.6) is 0 Å². The molecule has 3 aromatic carbocycles. The Kier molecular flexibility index (Phi) is 10.6. The van der Waals surface area contributed by atoms with E-state index in [1.54, 1.807) is 4.90 Å². The molecule has 0 saturated carbocycles. The number of carbonyl (C=O) groups is 2. The number of benzene rings is 3. The van der Waals surface area contributed by atoms with E-state index in [0.717, 1.165) is 29.5 Å². The molecule has 0 saturated heterocycles. The number of hydrogen-bond donors (Lipinski definition) is 1. The third-order valence-electron chi connectivity index (χ3n) is 6.63. The van der Waals surface area contributed by atoms with Crippen molar-refractivity contribution in [3.63, 3.8) is 0 Å². The first-order valence-electron chi connectivity index (χ1n) is 12.9. The van der Waals surface area contributed by atoms with Crippen LogP contribution in [-0.4, -0.2) is 28.8 Å². The molecule has 0 bridgehead atoms. The zero-order valence-corrected chi connectivity index (χ0v) is 22.3. The Morgan fingerprint density at radius 2 is 1.50 bits per heavy atom. The van der Waals surface area contributed by atoms with Gasteiger partial charge in [0.2, 0.25) is 11.8 Å². The van der Waals surface area contributed by atoms with E-state index < -0.39 is 6.04 Å². The zero-order valence-electron chi connectivity index (χ0n) is 21.5. The summed E-state index contributed by atoms with van der Waals surface area (Å²) < 4.78 is 0. The van der Waals surface area contributed by atoms with Crippen molar-refractivity contribution in [2.45, 2.75) is 71.5 Å². The molecule has 3 rings (SSSR count). The Bertz CT molecular complexity index is 1110. The minimum atomic E-state index is -0.646. The molecule has 0 fully saturated rings. The Labute approximate surface area is 220 Å². The molecule has 5 heteroatoms. The van der Waals surface area contributed by atoms with E-state index in [0.29, 0.717) is 24.3 Å². The number of nitrogens with one attached hydrogen (secondary N) is 1. The highest BCUT2D eigenvalue weighted by Gasteiger charge is 2.31. The normalized spacial score (nSPS) is 12.6. The summed E-state index contributed by atoms with van der Waals surface area (Å²) in [5.41, 5.74) is 4.22. The second kappa shape index (κ2) is 13.8. The Hall–Kier alpha value is -3.11. The summed E-state index contributed by atoms with van der Waals surface area (Å²) in [5.74, 6) is -0.198. The van der Waals surface area contributed by atoms with Gasteiger partial charge in [0.25, 0.3) is 0 Å². The predicted molar refractivity (Wildman–Crippen MR) is 148 cm³/mol. The lowest BCUT2D eigenvalue weighted by Gasteiger charge is -2.32. The van der Waals surface area contributed by atoms with Gasteiger partial charge in [0.15, 0.2) is 0 Å². The number of rotatable bonds is 12. The first-order chi connectivity index (χ1) is 17.4. The highest BCUT2D eigenvalue weighted by Crippen LogP contribution is 2.22. The van der Waals surface area contributed by atoms with Crippen molar-refractivity contribution in [3.05, 3.63) is 106 Å². The maximum atomic E-state index is 13.7. The molecule has 0 aromatic heterocycles. The maximum absolute atomic E-state index is 13.7.